The molecular formula is C26H28BrClN4O4S. The Balaban J connectivity index is 1.78. The molecule has 0 saturated carbocycles. The molecular weight excluding hydrogens is 580 g/mol. The summed E-state index contributed by atoms with van der Waals surface area (Å²) in [5.74, 6) is 1.82. The monoisotopic (exact) mass is 606 g/mol. The summed E-state index contributed by atoms with van der Waals surface area (Å²) < 4.78 is 19.4. The molecule has 0 fully saturated rings. The predicted molar refractivity (Wildman–Crippen MR) is 149 cm³/mol. The van der Waals surface area contributed by atoms with E-state index in [1.165, 1.54) is 11.8 Å². The molecule has 0 bridgehead atoms. The van der Waals surface area contributed by atoms with Crippen LogP contribution in [-0.2, 0) is 15.3 Å². The molecule has 1 aromatic heterocycles. The van der Waals surface area contributed by atoms with Gasteiger partial charge in [0.15, 0.2) is 11.5 Å². The Hall–Kier alpha value is -2.69. The summed E-state index contributed by atoms with van der Waals surface area (Å²) in [5.41, 5.74) is 2.83. The van der Waals surface area contributed by atoms with Gasteiger partial charge >= 0.3 is 5.97 Å². The van der Waals surface area contributed by atoms with E-state index in [-0.39, 0.29) is 12.7 Å². The first-order valence-corrected chi connectivity index (χ1v) is 13.9. The van der Waals surface area contributed by atoms with Crippen LogP contribution in [0.15, 0.2) is 57.3 Å². The van der Waals surface area contributed by atoms with Gasteiger partial charge in [-0.2, -0.15) is 4.98 Å². The lowest BCUT2D eigenvalue weighted by Crippen LogP contribution is -2.29. The van der Waals surface area contributed by atoms with Crippen LogP contribution in [0.1, 0.15) is 44.9 Å². The number of benzene rings is 2. The SMILES string of the molecule is CCOC(=O)C1=C(C)Nc2nc(SCc3ccccc3Cl)nn2C1c1cc(Br)c(OC(C)C)c(OC)c1. The smallest absolute Gasteiger partial charge is 0.338 e. The Morgan fingerprint density at radius 1 is 1.30 bits per heavy atom. The number of allylic oxidation sites excluding steroid dienone is 1. The highest BCUT2D eigenvalue weighted by atomic mass is 79.9. The minimum Gasteiger partial charge on any atom is -0.493 e. The molecule has 1 atom stereocenters. The number of methoxy groups -OCH3 is 1. The van der Waals surface area contributed by atoms with Crippen molar-refractivity contribution in [2.24, 2.45) is 0 Å². The van der Waals surface area contributed by atoms with E-state index in [2.05, 4.69) is 21.2 Å². The van der Waals surface area contributed by atoms with E-state index in [4.69, 9.17) is 35.9 Å². The van der Waals surface area contributed by atoms with Crippen molar-refractivity contribution >= 4 is 51.2 Å². The van der Waals surface area contributed by atoms with Crippen LogP contribution in [-0.4, -0.2) is 40.6 Å². The largest absolute Gasteiger partial charge is 0.493 e. The molecule has 0 aliphatic carbocycles. The lowest BCUT2D eigenvalue weighted by molar-refractivity contribution is -0.139. The number of aromatic nitrogens is 3. The number of halogens is 2. The third-order valence-corrected chi connectivity index (χ3v) is 7.41. The Kier molecular flexibility index (Phi) is 8.71. The number of nitrogens with one attached hydrogen (secondary N) is 1. The van der Waals surface area contributed by atoms with E-state index >= 15 is 0 Å². The first-order chi connectivity index (χ1) is 17.7. The standard InChI is InChI=1S/C26H28BrClN4O4S/c1-6-35-24(33)21-15(4)29-25-30-26(37-13-16-9-7-8-10-19(16)28)31-32(25)22(21)17-11-18(27)23(36-14(2)3)20(12-17)34-5/h7-12,14,22H,6,13H2,1-5H3,(H,29,30,31). The van der Waals surface area contributed by atoms with Crippen molar-refractivity contribution in [3.05, 3.63) is 68.3 Å². The van der Waals surface area contributed by atoms with Crippen molar-refractivity contribution in [1.29, 1.82) is 0 Å². The minimum absolute atomic E-state index is 0.0493. The molecule has 1 aliphatic heterocycles. The van der Waals surface area contributed by atoms with Gasteiger partial charge < -0.3 is 19.5 Å². The molecule has 11 heteroatoms. The number of carbonyl (C=O) groups excluding carboxylic acids is 1. The van der Waals surface area contributed by atoms with Gasteiger partial charge in [0.05, 0.1) is 29.9 Å². The number of esters is 1. The third-order valence-electron chi connectivity index (χ3n) is 5.56. The Labute approximate surface area is 233 Å². The maximum Gasteiger partial charge on any atom is 0.338 e. The summed E-state index contributed by atoms with van der Waals surface area (Å²) in [6.45, 7) is 7.75. The number of thioether (sulfide) groups is 1. The molecule has 2 heterocycles. The number of ether oxygens (including phenoxy) is 3. The maximum atomic E-state index is 13.1. The average molecular weight is 608 g/mol. The zero-order chi connectivity index (χ0) is 26.7. The topological polar surface area (TPSA) is 87.5 Å². The number of hydrogen-bond donors (Lipinski definition) is 1. The van der Waals surface area contributed by atoms with Crippen LogP contribution in [0.25, 0.3) is 0 Å². The van der Waals surface area contributed by atoms with E-state index in [1.54, 1.807) is 18.7 Å². The van der Waals surface area contributed by atoms with Crippen molar-refractivity contribution in [2.45, 2.75) is 50.8 Å². The molecule has 0 saturated heterocycles. The number of anilines is 1. The second-order valence-electron chi connectivity index (χ2n) is 8.53. The Bertz CT molecular complexity index is 1340. The van der Waals surface area contributed by atoms with Crippen molar-refractivity contribution < 1.29 is 19.0 Å². The van der Waals surface area contributed by atoms with Crippen molar-refractivity contribution in [1.82, 2.24) is 14.8 Å². The molecule has 196 valence electrons. The molecule has 3 aromatic rings. The highest BCUT2D eigenvalue weighted by Gasteiger charge is 2.36. The fraction of sp³-hybridized carbons (Fsp3) is 0.346. The van der Waals surface area contributed by atoms with Gasteiger partial charge in [0, 0.05) is 16.5 Å². The highest BCUT2D eigenvalue weighted by Crippen LogP contribution is 2.43. The molecule has 0 spiro atoms. The summed E-state index contributed by atoms with van der Waals surface area (Å²) in [6.07, 6.45) is -0.0493. The molecule has 37 heavy (non-hydrogen) atoms. The van der Waals surface area contributed by atoms with Crippen LogP contribution in [0.4, 0.5) is 5.95 Å². The number of rotatable bonds is 9. The molecule has 0 radical (unpaired) electrons. The van der Waals surface area contributed by atoms with Gasteiger partial charge in [0.2, 0.25) is 11.1 Å². The van der Waals surface area contributed by atoms with Crippen molar-refractivity contribution in [3.8, 4) is 11.5 Å². The summed E-state index contributed by atoms with van der Waals surface area (Å²) >= 11 is 11.4. The molecule has 8 nitrogen and oxygen atoms in total. The Morgan fingerprint density at radius 2 is 2.05 bits per heavy atom. The molecule has 1 aliphatic rings. The van der Waals surface area contributed by atoms with Gasteiger partial charge in [0.1, 0.15) is 6.04 Å². The lowest BCUT2D eigenvalue weighted by Gasteiger charge is -2.29. The first kappa shape index (κ1) is 27.3. The van der Waals surface area contributed by atoms with Gasteiger partial charge in [-0.25, -0.2) is 9.48 Å². The van der Waals surface area contributed by atoms with Gasteiger partial charge in [-0.3, -0.25) is 0 Å². The quantitative estimate of drug-likeness (QED) is 0.214. The van der Waals surface area contributed by atoms with E-state index in [0.717, 1.165) is 11.1 Å². The maximum absolute atomic E-state index is 13.1. The van der Waals surface area contributed by atoms with Crippen LogP contribution in [0, 0.1) is 0 Å². The fourth-order valence-corrected chi connectivity index (χ4v) is 5.65. The second-order valence-corrected chi connectivity index (χ2v) is 10.7. The lowest BCUT2D eigenvalue weighted by atomic mass is 9.95. The van der Waals surface area contributed by atoms with Crippen LogP contribution in [0.3, 0.4) is 0 Å². The number of fused-ring (bicyclic) bond motifs is 1. The number of nitrogens with zero attached hydrogens (tertiary/aromatic N) is 3. The van der Waals surface area contributed by atoms with Gasteiger partial charge in [-0.1, -0.05) is 41.6 Å². The molecule has 4 rings (SSSR count). The summed E-state index contributed by atoms with van der Waals surface area (Å²) in [5, 5.41) is 9.24. The fourth-order valence-electron chi connectivity index (χ4n) is 3.98. The average Bonchev–Trinajstić information content (AvgIpc) is 3.26. The zero-order valence-corrected chi connectivity index (χ0v) is 24.3. The number of carbonyl (C=O) groups is 1. The van der Waals surface area contributed by atoms with Crippen LogP contribution >= 0.6 is 39.3 Å². The molecule has 0 amide bonds. The van der Waals surface area contributed by atoms with Crippen LogP contribution in [0.2, 0.25) is 5.02 Å². The van der Waals surface area contributed by atoms with Gasteiger partial charge in [-0.05, 0) is 73.0 Å². The number of hydrogen-bond acceptors (Lipinski definition) is 8. The van der Waals surface area contributed by atoms with Crippen molar-refractivity contribution in [3.63, 3.8) is 0 Å². The van der Waals surface area contributed by atoms with E-state index in [9.17, 15) is 4.79 Å². The normalized spacial score (nSPS) is 14.9. The summed E-state index contributed by atoms with van der Waals surface area (Å²) in [6, 6.07) is 10.8. The summed E-state index contributed by atoms with van der Waals surface area (Å²) in [7, 11) is 1.58. The minimum atomic E-state index is -0.601. The third kappa shape index (κ3) is 5.91. The molecule has 2 aromatic carbocycles. The molecule has 1 N–H and O–H groups in total. The second kappa shape index (κ2) is 11.8. The van der Waals surface area contributed by atoms with Crippen LogP contribution < -0.4 is 14.8 Å². The predicted octanol–water partition coefficient (Wildman–Crippen LogP) is 6.63. The van der Waals surface area contributed by atoms with Gasteiger partial charge in [-0.15, -0.1) is 5.10 Å². The molecule has 1 unspecified atom stereocenters. The van der Waals surface area contributed by atoms with E-state index in [0.29, 0.717) is 49.1 Å². The Morgan fingerprint density at radius 3 is 2.73 bits per heavy atom. The van der Waals surface area contributed by atoms with Crippen molar-refractivity contribution in [2.75, 3.05) is 19.0 Å². The first-order valence-electron chi connectivity index (χ1n) is 11.7. The highest BCUT2D eigenvalue weighted by molar-refractivity contribution is 9.10. The van der Waals surface area contributed by atoms with Gasteiger partial charge in [0.25, 0.3) is 0 Å². The van der Waals surface area contributed by atoms with Crippen LogP contribution in [0.5, 0.6) is 11.5 Å². The zero-order valence-electron chi connectivity index (χ0n) is 21.2. The summed E-state index contributed by atoms with van der Waals surface area (Å²) in [4.78, 5) is 17.8. The van der Waals surface area contributed by atoms with E-state index < -0.39 is 12.0 Å². The van der Waals surface area contributed by atoms with E-state index in [1.807, 2.05) is 57.2 Å².